The molecule has 2 aromatic rings. The van der Waals surface area contributed by atoms with Crippen LogP contribution in [0.15, 0.2) is 30.6 Å². The molecule has 0 aromatic carbocycles. The molecule has 0 spiro atoms. The molecule has 3 heteroatoms. The minimum absolute atomic E-state index is 0.695. The number of pyridine rings is 1. The molecule has 0 aliphatic carbocycles. The lowest BCUT2D eigenvalue weighted by Gasteiger charge is -2.03. The Morgan fingerprint density at radius 3 is 3.18 bits per heavy atom. The third kappa shape index (κ3) is 3.17. The standard InChI is InChI=1S/C14H19N3/c1-11(2)9-15-7-3-5-12-10-17-14-13(12)6-4-8-16-14/h3-6,8,10-11,15H,7,9H2,1-2H3,(H,16,17). The zero-order valence-corrected chi connectivity index (χ0v) is 10.4. The van der Waals surface area contributed by atoms with Crippen molar-refractivity contribution in [2.24, 2.45) is 5.92 Å². The summed E-state index contributed by atoms with van der Waals surface area (Å²) < 4.78 is 0. The lowest BCUT2D eigenvalue weighted by atomic mass is 10.2. The summed E-state index contributed by atoms with van der Waals surface area (Å²) in [6.07, 6.45) is 8.08. The van der Waals surface area contributed by atoms with Crippen molar-refractivity contribution < 1.29 is 0 Å². The molecule has 0 fully saturated rings. The highest BCUT2D eigenvalue weighted by molar-refractivity contribution is 5.85. The van der Waals surface area contributed by atoms with Gasteiger partial charge in [0, 0.05) is 29.9 Å². The number of fused-ring (bicyclic) bond motifs is 1. The van der Waals surface area contributed by atoms with Gasteiger partial charge in [-0.2, -0.15) is 0 Å². The van der Waals surface area contributed by atoms with Crippen LogP contribution in [-0.2, 0) is 0 Å². The molecule has 17 heavy (non-hydrogen) atoms. The first kappa shape index (κ1) is 11.9. The SMILES string of the molecule is CC(C)CNCC=Cc1c[nH]c2ncccc12. The number of hydrogen-bond donors (Lipinski definition) is 2. The molecule has 2 heterocycles. The maximum absolute atomic E-state index is 4.26. The van der Waals surface area contributed by atoms with E-state index in [1.807, 2.05) is 12.3 Å². The molecular formula is C14H19N3. The molecule has 0 saturated heterocycles. The second-order valence-corrected chi connectivity index (χ2v) is 4.60. The van der Waals surface area contributed by atoms with E-state index < -0.39 is 0 Å². The zero-order valence-electron chi connectivity index (χ0n) is 10.4. The van der Waals surface area contributed by atoms with Gasteiger partial charge in [0.1, 0.15) is 5.65 Å². The minimum atomic E-state index is 0.695. The highest BCUT2D eigenvalue weighted by atomic mass is 14.8. The van der Waals surface area contributed by atoms with Gasteiger partial charge in [0.25, 0.3) is 0 Å². The van der Waals surface area contributed by atoms with Crippen molar-refractivity contribution in [2.45, 2.75) is 13.8 Å². The number of aromatic nitrogens is 2. The van der Waals surface area contributed by atoms with Gasteiger partial charge in [-0.15, -0.1) is 0 Å². The second kappa shape index (κ2) is 5.64. The topological polar surface area (TPSA) is 40.7 Å². The average Bonchev–Trinajstić information content (AvgIpc) is 2.72. The molecule has 90 valence electrons. The maximum atomic E-state index is 4.26. The van der Waals surface area contributed by atoms with Gasteiger partial charge < -0.3 is 10.3 Å². The molecule has 2 N–H and O–H groups in total. The number of hydrogen-bond acceptors (Lipinski definition) is 2. The van der Waals surface area contributed by atoms with Gasteiger partial charge in [0.15, 0.2) is 0 Å². The largest absolute Gasteiger partial charge is 0.346 e. The molecule has 0 amide bonds. The summed E-state index contributed by atoms with van der Waals surface area (Å²) in [5.74, 6) is 0.695. The quantitative estimate of drug-likeness (QED) is 0.774. The Balaban J connectivity index is 1.96. The van der Waals surface area contributed by atoms with Crippen molar-refractivity contribution in [1.82, 2.24) is 15.3 Å². The van der Waals surface area contributed by atoms with Crippen molar-refractivity contribution in [2.75, 3.05) is 13.1 Å². The normalized spacial score (nSPS) is 11.9. The van der Waals surface area contributed by atoms with E-state index in [0.717, 1.165) is 18.7 Å². The number of nitrogens with one attached hydrogen (secondary N) is 2. The summed E-state index contributed by atoms with van der Waals surface area (Å²) >= 11 is 0. The Labute approximate surface area is 102 Å². The zero-order chi connectivity index (χ0) is 12.1. The Morgan fingerprint density at radius 1 is 1.47 bits per heavy atom. The number of aromatic amines is 1. The van der Waals surface area contributed by atoms with Crippen LogP contribution in [0.5, 0.6) is 0 Å². The monoisotopic (exact) mass is 229 g/mol. The molecule has 0 unspecified atom stereocenters. The Bertz CT molecular complexity index is 497. The van der Waals surface area contributed by atoms with Gasteiger partial charge in [0.2, 0.25) is 0 Å². The molecule has 0 atom stereocenters. The van der Waals surface area contributed by atoms with E-state index in [-0.39, 0.29) is 0 Å². The van der Waals surface area contributed by atoms with Crippen LogP contribution in [0, 0.1) is 5.92 Å². The summed E-state index contributed by atoms with van der Waals surface area (Å²) in [6.45, 7) is 6.38. The van der Waals surface area contributed by atoms with Crippen molar-refractivity contribution in [1.29, 1.82) is 0 Å². The maximum Gasteiger partial charge on any atom is 0.137 e. The minimum Gasteiger partial charge on any atom is -0.346 e. The van der Waals surface area contributed by atoms with Crippen molar-refractivity contribution in [3.8, 4) is 0 Å². The third-order valence-corrected chi connectivity index (χ3v) is 2.60. The summed E-state index contributed by atoms with van der Waals surface area (Å²) in [7, 11) is 0. The first-order chi connectivity index (χ1) is 8.27. The second-order valence-electron chi connectivity index (χ2n) is 4.60. The summed E-state index contributed by atoms with van der Waals surface area (Å²) in [5, 5.41) is 4.56. The van der Waals surface area contributed by atoms with Crippen LogP contribution in [0.1, 0.15) is 19.4 Å². The van der Waals surface area contributed by atoms with Crippen LogP contribution < -0.4 is 5.32 Å². The van der Waals surface area contributed by atoms with Gasteiger partial charge in [-0.1, -0.05) is 26.0 Å². The fourth-order valence-corrected chi connectivity index (χ4v) is 1.76. The smallest absolute Gasteiger partial charge is 0.137 e. The van der Waals surface area contributed by atoms with E-state index in [0.29, 0.717) is 5.92 Å². The van der Waals surface area contributed by atoms with E-state index in [1.165, 1.54) is 10.9 Å². The predicted molar refractivity (Wildman–Crippen MR) is 72.8 cm³/mol. The van der Waals surface area contributed by atoms with Gasteiger partial charge in [-0.3, -0.25) is 0 Å². The fourth-order valence-electron chi connectivity index (χ4n) is 1.76. The van der Waals surface area contributed by atoms with Gasteiger partial charge >= 0.3 is 0 Å². The van der Waals surface area contributed by atoms with E-state index in [9.17, 15) is 0 Å². The lowest BCUT2D eigenvalue weighted by Crippen LogP contribution is -2.19. The van der Waals surface area contributed by atoms with E-state index in [2.05, 4.69) is 47.4 Å². The summed E-state index contributed by atoms with van der Waals surface area (Å²) in [5.41, 5.74) is 2.14. The first-order valence-corrected chi connectivity index (χ1v) is 6.06. The highest BCUT2D eigenvalue weighted by Gasteiger charge is 1.99. The lowest BCUT2D eigenvalue weighted by molar-refractivity contribution is 0.577. The Hall–Kier alpha value is -1.61. The van der Waals surface area contributed by atoms with Crippen LogP contribution in [0.4, 0.5) is 0 Å². The molecule has 3 nitrogen and oxygen atoms in total. The first-order valence-electron chi connectivity index (χ1n) is 6.06. The van der Waals surface area contributed by atoms with Crippen LogP contribution >= 0.6 is 0 Å². The van der Waals surface area contributed by atoms with Crippen LogP contribution in [-0.4, -0.2) is 23.1 Å². The van der Waals surface area contributed by atoms with Crippen LogP contribution in [0.25, 0.3) is 17.1 Å². The number of rotatable bonds is 5. The molecular weight excluding hydrogens is 210 g/mol. The molecule has 0 aliphatic rings. The van der Waals surface area contributed by atoms with Gasteiger partial charge in [-0.05, 0) is 24.6 Å². The van der Waals surface area contributed by atoms with E-state index in [1.54, 1.807) is 6.20 Å². The molecule has 0 aliphatic heterocycles. The van der Waals surface area contributed by atoms with Gasteiger partial charge in [-0.25, -0.2) is 4.98 Å². The van der Waals surface area contributed by atoms with Crippen molar-refractivity contribution in [3.63, 3.8) is 0 Å². The van der Waals surface area contributed by atoms with Crippen molar-refractivity contribution in [3.05, 3.63) is 36.2 Å². The summed E-state index contributed by atoms with van der Waals surface area (Å²) in [4.78, 5) is 7.43. The van der Waals surface area contributed by atoms with E-state index in [4.69, 9.17) is 0 Å². The fraction of sp³-hybridized carbons (Fsp3) is 0.357. The number of nitrogens with zero attached hydrogens (tertiary/aromatic N) is 1. The van der Waals surface area contributed by atoms with Crippen molar-refractivity contribution >= 4 is 17.1 Å². The Kier molecular flexibility index (Phi) is 3.94. The van der Waals surface area contributed by atoms with Crippen LogP contribution in [0.2, 0.25) is 0 Å². The molecule has 0 bridgehead atoms. The summed E-state index contributed by atoms with van der Waals surface area (Å²) in [6, 6.07) is 4.05. The molecule has 2 aromatic heterocycles. The third-order valence-electron chi connectivity index (χ3n) is 2.60. The number of H-pyrrole nitrogens is 1. The predicted octanol–water partition coefficient (Wildman–Crippen LogP) is 2.82. The molecule has 0 radical (unpaired) electrons. The highest BCUT2D eigenvalue weighted by Crippen LogP contribution is 2.16. The van der Waals surface area contributed by atoms with Gasteiger partial charge in [0.05, 0.1) is 0 Å². The van der Waals surface area contributed by atoms with E-state index >= 15 is 0 Å². The van der Waals surface area contributed by atoms with Crippen LogP contribution in [0.3, 0.4) is 0 Å². The molecule has 0 saturated carbocycles. The Morgan fingerprint density at radius 2 is 2.35 bits per heavy atom. The molecule has 2 rings (SSSR count). The average molecular weight is 229 g/mol.